The van der Waals surface area contributed by atoms with Gasteiger partial charge in [0.2, 0.25) is 0 Å². The van der Waals surface area contributed by atoms with Gasteiger partial charge in [0.1, 0.15) is 5.82 Å². The summed E-state index contributed by atoms with van der Waals surface area (Å²) in [6.45, 7) is 3.80. The number of benzene rings is 1. The lowest BCUT2D eigenvalue weighted by Crippen LogP contribution is -2.02. The van der Waals surface area contributed by atoms with Gasteiger partial charge in [0, 0.05) is 0 Å². The van der Waals surface area contributed by atoms with Gasteiger partial charge in [0.15, 0.2) is 0 Å². The van der Waals surface area contributed by atoms with Crippen LogP contribution in [0.15, 0.2) is 18.2 Å². The molecule has 14 heavy (non-hydrogen) atoms. The molecule has 0 unspecified atom stereocenters. The smallest absolute Gasteiger partial charge is 0.307 e. The third kappa shape index (κ3) is 2.55. The van der Waals surface area contributed by atoms with Crippen molar-refractivity contribution >= 4 is 5.97 Å². The summed E-state index contributed by atoms with van der Waals surface area (Å²) >= 11 is 0. The lowest BCUT2D eigenvalue weighted by Gasteiger charge is -2.07. The molecule has 0 aliphatic rings. The number of carboxylic acid groups (broad SMARTS) is 1. The van der Waals surface area contributed by atoms with Crippen LogP contribution < -0.4 is 0 Å². The van der Waals surface area contributed by atoms with Gasteiger partial charge >= 0.3 is 5.97 Å². The molecule has 0 aliphatic heterocycles. The van der Waals surface area contributed by atoms with E-state index in [0.29, 0.717) is 11.1 Å². The van der Waals surface area contributed by atoms with Gasteiger partial charge in [-0.25, -0.2) is 4.39 Å². The molecule has 0 bridgehead atoms. The molecule has 3 heteroatoms. The molecule has 1 aromatic rings. The van der Waals surface area contributed by atoms with Crippen molar-refractivity contribution in [3.63, 3.8) is 0 Å². The molecule has 1 rings (SSSR count). The number of hydrogen-bond donors (Lipinski definition) is 1. The van der Waals surface area contributed by atoms with Crippen LogP contribution in [0.4, 0.5) is 4.39 Å². The van der Waals surface area contributed by atoms with Crippen molar-refractivity contribution < 1.29 is 14.3 Å². The SMILES string of the molecule is CC(C)c1ccc(CC(=O)O)cc1F. The highest BCUT2D eigenvalue weighted by atomic mass is 19.1. The number of halogens is 1. The van der Waals surface area contributed by atoms with Crippen LogP contribution >= 0.6 is 0 Å². The molecule has 0 amide bonds. The molecule has 0 saturated carbocycles. The third-order valence-corrected chi connectivity index (χ3v) is 2.04. The first-order valence-electron chi connectivity index (χ1n) is 4.51. The molecule has 0 fully saturated rings. The summed E-state index contributed by atoms with van der Waals surface area (Å²) in [5, 5.41) is 8.51. The average molecular weight is 196 g/mol. The number of rotatable bonds is 3. The third-order valence-electron chi connectivity index (χ3n) is 2.04. The fourth-order valence-electron chi connectivity index (χ4n) is 1.32. The summed E-state index contributed by atoms with van der Waals surface area (Å²) in [7, 11) is 0. The molecule has 0 aliphatic carbocycles. The van der Waals surface area contributed by atoms with Gasteiger partial charge in [-0.15, -0.1) is 0 Å². The number of hydrogen-bond acceptors (Lipinski definition) is 1. The van der Waals surface area contributed by atoms with Gasteiger partial charge in [-0.2, -0.15) is 0 Å². The normalized spacial score (nSPS) is 10.6. The van der Waals surface area contributed by atoms with Gasteiger partial charge in [-0.05, 0) is 23.1 Å². The highest BCUT2D eigenvalue weighted by molar-refractivity contribution is 5.70. The second kappa shape index (κ2) is 4.22. The van der Waals surface area contributed by atoms with Gasteiger partial charge < -0.3 is 5.11 Å². The Morgan fingerprint density at radius 3 is 2.57 bits per heavy atom. The van der Waals surface area contributed by atoms with Crippen LogP contribution in [-0.2, 0) is 11.2 Å². The molecule has 0 atom stereocenters. The van der Waals surface area contributed by atoms with Crippen molar-refractivity contribution in [1.82, 2.24) is 0 Å². The minimum Gasteiger partial charge on any atom is -0.481 e. The highest BCUT2D eigenvalue weighted by Gasteiger charge is 2.08. The summed E-state index contributed by atoms with van der Waals surface area (Å²) < 4.78 is 13.4. The molecule has 1 N–H and O–H groups in total. The van der Waals surface area contributed by atoms with Crippen molar-refractivity contribution in [3.05, 3.63) is 35.1 Å². The van der Waals surface area contributed by atoms with Crippen molar-refractivity contribution in [1.29, 1.82) is 0 Å². The summed E-state index contributed by atoms with van der Waals surface area (Å²) in [6.07, 6.45) is -0.130. The van der Waals surface area contributed by atoms with Gasteiger partial charge in [0.05, 0.1) is 6.42 Å². The first-order chi connectivity index (χ1) is 6.50. The Morgan fingerprint density at radius 1 is 1.50 bits per heavy atom. The van der Waals surface area contributed by atoms with E-state index in [2.05, 4.69) is 0 Å². The zero-order valence-corrected chi connectivity index (χ0v) is 8.25. The Morgan fingerprint density at radius 2 is 2.14 bits per heavy atom. The summed E-state index contributed by atoms with van der Waals surface area (Å²) in [5.74, 6) is -1.14. The average Bonchev–Trinajstić information content (AvgIpc) is 2.01. The monoisotopic (exact) mass is 196 g/mol. The van der Waals surface area contributed by atoms with E-state index in [1.165, 1.54) is 6.07 Å². The van der Waals surface area contributed by atoms with E-state index in [-0.39, 0.29) is 18.2 Å². The maximum atomic E-state index is 13.4. The topological polar surface area (TPSA) is 37.3 Å². The van der Waals surface area contributed by atoms with Crippen LogP contribution in [0.1, 0.15) is 30.9 Å². The second-order valence-electron chi connectivity index (χ2n) is 3.58. The molecular formula is C11H13FO2. The molecule has 2 nitrogen and oxygen atoms in total. The molecule has 0 aromatic heterocycles. The molecule has 0 radical (unpaired) electrons. The maximum absolute atomic E-state index is 13.4. The second-order valence-corrected chi connectivity index (χ2v) is 3.58. The van der Waals surface area contributed by atoms with Crippen molar-refractivity contribution in [2.45, 2.75) is 26.2 Å². The van der Waals surface area contributed by atoms with Gasteiger partial charge in [-0.3, -0.25) is 4.79 Å². The number of carbonyl (C=O) groups is 1. The molecule has 1 aromatic carbocycles. The molecule has 0 heterocycles. The predicted molar refractivity (Wildman–Crippen MR) is 51.8 cm³/mol. The first kappa shape index (κ1) is 10.7. The standard InChI is InChI=1S/C11H13FO2/c1-7(2)9-4-3-8(5-10(9)12)6-11(13)14/h3-5,7H,6H2,1-2H3,(H,13,14). The zero-order chi connectivity index (χ0) is 10.7. The number of carboxylic acids is 1. The van der Waals surface area contributed by atoms with E-state index >= 15 is 0 Å². The van der Waals surface area contributed by atoms with Crippen molar-refractivity contribution in [2.75, 3.05) is 0 Å². The van der Waals surface area contributed by atoms with Crippen LogP contribution in [0.25, 0.3) is 0 Å². The minimum atomic E-state index is -0.943. The first-order valence-corrected chi connectivity index (χ1v) is 4.51. The molecular weight excluding hydrogens is 183 g/mol. The van der Waals surface area contributed by atoms with E-state index in [4.69, 9.17) is 5.11 Å². The van der Waals surface area contributed by atoms with E-state index in [0.717, 1.165) is 0 Å². The lowest BCUT2D eigenvalue weighted by molar-refractivity contribution is -0.136. The van der Waals surface area contributed by atoms with Crippen LogP contribution in [0.5, 0.6) is 0 Å². The molecule has 0 spiro atoms. The lowest BCUT2D eigenvalue weighted by atomic mass is 10.00. The van der Waals surface area contributed by atoms with Crippen molar-refractivity contribution in [2.24, 2.45) is 0 Å². The molecule has 0 saturated heterocycles. The Kier molecular flexibility index (Phi) is 3.23. The van der Waals surface area contributed by atoms with Crippen LogP contribution in [0.3, 0.4) is 0 Å². The van der Waals surface area contributed by atoms with Gasteiger partial charge in [-0.1, -0.05) is 26.0 Å². The summed E-state index contributed by atoms with van der Waals surface area (Å²) in [6, 6.07) is 4.61. The quantitative estimate of drug-likeness (QED) is 0.806. The van der Waals surface area contributed by atoms with Crippen LogP contribution in [0, 0.1) is 5.82 Å². The Hall–Kier alpha value is -1.38. The Balaban J connectivity index is 2.94. The maximum Gasteiger partial charge on any atom is 0.307 e. The van der Waals surface area contributed by atoms with Gasteiger partial charge in [0.25, 0.3) is 0 Å². The largest absolute Gasteiger partial charge is 0.481 e. The number of aliphatic carboxylic acids is 1. The van der Waals surface area contributed by atoms with E-state index in [1.807, 2.05) is 13.8 Å². The summed E-state index contributed by atoms with van der Waals surface area (Å²) in [4.78, 5) is 10.4. The van der Waals surface area contributed by atoms with Crippen molar-refractivity contribution in [3.8, 4) is 0 Å². The van der Waals surface area contributed by atoms with Crippen LogP contribution in [-0.4, -0.2) is 11.1 Å². The Bertz CT molecular complexity index is 345. The fourth-order valence-corrected chi connectivity index (χ4v) is 1.32. The fraction of sp³-hybridized carbons (Fsp3) is 0.364. The molecule has 76 valence electrons. The summed E-state index contributed by atoms with van der Waals surface area (Å²) in [5.41, 5.74) is 1.12. The predicted octanol–water partition coefficient (Wildman–Crippen LogP) is 2.58. The van der Waals surface area contributed by atoms with Crippen LogP contribution in [0.2, 0.25) is 0 Å². The van der Waals surface area contributed by atoms with E-state index < -0.39 is 5.97 Å². The zero-order valence-electron chi connectivity index (χ0n) is 8.25. The van der Waals surface area contributed by atoms with E-state index in [1.54, 1.807) is 12.1 Å². The minimum absolute atomic E-state index is 0.119. The highest BCUT2D eigenvalue weighted by Crippen LogP contribution is 2.19. The Labute approximate surface area is 82.4 Å². The van der Waals surface area contributed by atoms with E-state index in [9.17, 15) is 9.18 Å².